The van der Waals surface area contributed by atoms with Crippen LogP contribution in [0.2, 0.25) is 0 Å². The van der Waals surface area contributed by atoms with E-state index in [9.17, 15) is 0 Å². The minimum absolute atomic E-state index is 0.521. The van der Waals surface area contributed by atoms with Gasteiger partial charge in [0, 0.05) is 13.3 Å². The highest BCUT2D eigenvalue weighted by molar-refractivity contribution is 14.1. The molecule has 8 heavy (non-hydrogen) atoms. The van der Waals surface area contributed by atoms with Crippen molar-refractivity contribution < 1.29 is 0 Å². The predicted octanol–water partition coefficient (Wildman–Crippen LogP) is 0.209. The standard InChI is InChI=1S/C4H8IN3/c1-8-2-3(6)4(5)7/h2H,6-7H2,1H3/b4-3+,8-2-. The van der Waals surface area contributed by atoms with Crippen LogP contribution in [0.15, 0.2) is 14.4 Å². The third-order valence-electron chi connectivity index (χ3n) is 0.544. The molecule has 0 radical (unpaired) electrons. The molecule has 4 heteroatoms. The van der Waals surface area contributed by atoms with Crippen LogP contribution in [0.5, 0.6) is 0 Å². The van der Waals surface area contributed by atoms with Crippen molar-refractivity contribution in [2.24, 2.45) is 16.5 Å². The van der Waals surface area contributed by atoms with Gasteiger partial charge in [0.15, 0.2) is 0 Å². The highest BCUT2D eigenvalue weighted by Gasteiger charge is 1.85. The zero-order valence-electron chi connectivity index (χ0n) is 4.56. The van der Waals surface area contributed by atoms with Gasteiger partial charge >= 0.3 is 0 Å². The zero-order valence-corrected chi connectivity index (χ0v) is 6.71. The highest BCUT2D eigenvalue weighted by atomic mass is 127. The number of nitrogens with zero attached hydrogens (tertiary/aromatic N) is 1. The Morgan fingerprint density at radius 1 is 1.62 bits per heavy atom. The molecule has 3 nitrogen and oxygen atoms in total. The van der Waals surface area contributed by atoms with E-state index < -0.39 is 0 Å². The second-order valence-electron chi connectivity index (χ2n) is 1.19. The second-order valence-corrected chi connectivity index (χ2v) is 2.35. The minimum Gasteiger partial charge on any atom is -0.395 e. The van der Waals surface area contributed by atoms with Crippen molar-refractivity contribution in [1.82, 2.24) is 0 Å². The average molecular weight is 225 g/mol. The molecule has 46 valence electrons. The Balaban J connectivity index is 4.00. The van der Waals surface area contributed by atoms with E-state index in [1.54, 1.807) is 7.05 Å². The molecule has 0 saturated carbocycles. The van der Waals surface area contributed by atoms with Crippen molar-refractivity contribution in [1.29, 1.82) is 0 Å². The summed E-state index contributed by atoms with van der Waals surface area (Å²) in [6.45, 7) is 0. The first-order valence-corrected chi connectivity index (χ1v) is 3.09. The molecule has 0 saturated heterocycles. The van der Waals surface area contributed by atoms with Crippen LogP contribution in [0.4, 0.5) is 0 Å². The largest absolute Gasteiger partial charge is 0.395 e. The SMILES string of the molecule is C/N=C\C(N)=C(/N)I. The zero-order chi connectivity index (χ0) is 6.57. The molecule has 0 atom stereocenters. The fraction of sp³-hybridized carbons (Fsp3) is 0.250. The molecule has 0 aliphatic heterocycles. The van der Waals surface area contributed by atoms with Gasteiger partial charge in [0.05, 0.1) is 9.40 Å². The van der Waals surface area contributed by atoms with Crippen LogP contribution in [0.25, 0.3) is 0 Å². The number of hydrogen-bond acceptors (Lipinski definition) is 3. The van der Waals surface area contributed by atoms with Gasteiger partial charge in [-0.3, -0.25) is 4.99 Å². The molecular weight excluding hydrogens is 217 g/mol. The number of nitrogens with two attached hydrogens (primary N) is 2. The van der Waals surface area contributed by atoms with Gasteiger partial charge in [-0.2, -0.15) is 0 Å². The number of allylic oxidation sites excluding steroid dienone is 1. The Morgan fingerprint density at radius 3 is 2.25 bits per heavy atom. The van der Waals surface area contributed by atoms with Gasteiger partial charge in [-0.25, -0.2) is 0 Å². The molecule has 0 aromatic carbocycles. The summed E-state index contributed by atoms with van der Waals surface area (Å²) in [6.07, 6.45) is 1.52. The predicted molar refractivity (Wildman–Crippen MR) is 43.8 cm³/mol. The smallest absolute Gasteiger partial charge is 0.0954 e. The van der Waals surface area contributed by atoms with Gasteiger partial charge in [0.1, 0.15) is 0 Å². The fourth-order valence-electron chi connectivity index (χ4n) is 0.201. The maximum Gasteiger partial charge on any atom is 0.0954 e. The summed E-state index contributed by atoms with van der Waals surface area (Å²) in [4.78, 5) is 3.66. The number of hydrogen-bond donors (Lipinski definition) is 2. The lowest BCUT2D eigenvalue weighted by atomic mass is 10.5. The van der Waals surface area contributed by atoms with Crippen molar-refractivity contribution in [3.8, 4) is 0 Å². The third kappa shape index (κ3) is 2.84. The molecule has 0 spiro atoms. The molecule has 0 unspecified atom stereocenters. The van der Waals surface area contributed by atoms with Crippen molar-refractivity contribution in [2.45, 2.75) is 0 Å². The first-order chi connectivity index (χ1) is 3.68. The van der Waals surface area contributed by atoms with E-state index in [0.29, 0.717) is 9.40 Å². The van der Waals surface area contributed by atoms with Crippen LogP contribution >= 0.6 is 22.6 Å². The summed E-state index contributed by atoms with van der Waals surface area (Å²) in [5.41, 5.74) is 11.1. The molecular formula is C4H8IN3. The van der Waals surface area contributed by atoms with E-state index in [0.717, 1.165) is 0 Å². The molecule has 0 aliphatic carbocycles. The Labute approximate surface area is 62.0 Å². The van der Waals surface area contributed by atoms with Gasteiger partial charge in [-0.1, -0.05) is 0 Å². The second kappa shape index (κ2) is 3.71. The average Bonchev–Trinajstić information content (AvgIpc) is 1.67. The molecule has 0 bridgehead atoms. The van der Waals surface area contributed by atoms with Crippen LogP contribution in [0.1, 0.15) is 0 Å². The molecule has 0 aliphatic rings. The summed E-state index contributed by atoms with van der Waals surface area (Å²) in [6, 6.07) is 0. The lowest BCUT2D eigenvalue weighted by molar-refractivity contribution is 1.38. The van der Waals surface area contributed by atoms with Crippen molar-refractivity contribution in [3.05, 3.63) is 9.40 Å². The minimum atomic E-state index is 0.521. The summed E-state index contributed by atoms with van der Waals surface area (Å²) >= 11 is 1.93. The van der Waals surface area contributed by atoms with E-state index in [2.05, 4.69) is 4.99 Å². The Bertz CT molecular complexity index is 123. The Morgan fingerprint density at radius 2 is 2.12 bits per heavy atom. The van der Waals surface area contributed by atoms with Crippen molar-refractivity contribution in [2.75, 3.05) is 7.05 Å². The van der Waals surface area contributed by atoms with Gasteiger partial charge in [0.25, 0.3) is 0 Å². The van der Waals surface area contributed by atoms with E-state index in [4.69, 9.17) is 11.5 Å². The third-order valence-corrected chi connectivity index (χ3v) is 1.17. The van der Waals surface area contributed by atoms with Crippen LogP contribution in [-0.4, -0.2) is 13.3 Å². The molecule has 0 heterocycles. The highest BCUT2D eigenvalue weighted by Crippen LogP contribution is 1.96. The maximum absolute atomic E-state index is 5.32. The summed E-state index contributed by atoms with van der Waals surface area (Å²) in [5, 5.41) is 0. The van der Waals surface area contributed by atoms with Crippen molar-refractivity contribution >= 4 is 28.8 Å². The van der Waals surface area contributed by atoms with Gasteiger partial charge in [-0.15, -0.1) is 0 Å². The number of aliphatic imine (C=N–C) groups is 1. The van der Waals surface area contributed by atoms with E-state index in [1.165, 1.54) is 6.21 Å². The van der Waals surface area contributed by atoms with Crippen LogP contribution in [0.3, 0.4) is 0 Å². The number of halogens is 1. The lowest BCUT2D eigenvalue weighted by Gasteiger charge is -1.89. The molecule has 0 fully saturated rings. The molecule has 0 aromatic rings. The summed E-state index contributed by atoms with van der Waals surface area (Å²) < 4.78 is 0.577. The number of rotatable bonds is 1. The van der Waals surface area contributed by atoms with Crippen LogP contribution in [-0.2, 0) is 0 Å². The lowest BCUT2D eigenvalue weighted by Crippen LogP contribution is -2.05. The van der Waals surface area contributed by atoms with E-state index in [1.807, 2.05) is 22.6 Å². The van der Waals surface area contributed by atoms with Gasteiger partial charge in [-0.05, 0) is 22.6 Å². The topological polar surface area (TPSA) is 64.4 Å². The van der Waals surface area contributed by atoms with Crippen molar-refractivity contribution in [3.63, 3.8) is 0 Å². The summed E-state index contributed by atoms with van der Waals surface area (Å²) in [7, 11) is 1.65. The normalized spacial score (nSPS) is 14.2. The molecule has 0 amide bonds. The molecule has 0 rings (SSSR count). The van der Waals surface area contributed by atoms with Crippen LogP contribution < -0.4 is 11.5 Å². The van der Waals surface area contributed by atoms with E-state index in [-0.39, 0.29) is 0 Å². The van der Waals surface area contributed by atoms with Crippen LogP contribution in [0, 0.1) is 0 Å². The Kier molecular flexibility index (Phi) is 3.59. The quantitative estimate of drug-likeness (QED) is 0.380. The van der Waals surface area contributed by atoms with E-state index >= 15 is 0 Å². The molecule has 4 N–H and O–H groups in total. The first-order valence-electron chi connectivity index (χ1n) is 2.01. The molecule has 0 aromatic heterocycles. The first kappa shape index (κ1) is 7.74. The Hall–Kier alpha value is -0.260. The summed E-state index contributed by atoms with van der Waals surface area (Å²) in [5.74, 6) is 0. The maximum atomic E-state index is 5.32. The van der Waals surface area contributed by atoms with Gasteiger partial charge < -0.3 is 11.5 Å². The fourth-order valence-corrected chi connectivity index (χ4v) is 0.340. The monoisotopic (exact) mass is 225 g/mol. The van der Waals surface area contributed by atoms with Gasteiger partial charge in [0.2, 0.25) is 0 Å².